The number of amides is 1. The third kappa shape index (κ3) is 3.67. The highest BCUT2D eigenvalue weighted by Gasteiger charge is 2.31. The molecule has 1 amide bonds. The predicted molar refractivity (Wildman–Crippen MR) is 61.7 cm³/mol. The van der Waals surface area contributed by atoms with Gasteiger partial charge in [0.25, 0.3) is 0 Å². The van der Waals surface area contributed by atoms with E-state index in [0.29, 0.717) is 13.2 Å². The van der Waals surface area contributed by atoms with Crippen molar-refractivity contribution in [2.45, 2.75) is 25.9 Å². The summed E-state index contributed by atoms with van der Waals surface area (Å²) in [6.07, 6.45) is 0. The fraction of sp³-hybridized carbons (Fsp3) is 0.818. The van der Waals surface area contributed by atoms with Crippen LogP contribution < -0.4 is 0 Å². The first-order chi connectivity index (χ1) is 7.93. The lowest BCUT2D eigenvalue weighted by Crippen LogP contribution is -2.53. The molecular formula is C11H20N2O4. The third-order valence-electron chi connectivity index (χ3n) is 3.03. The average molecular weight is 244 g/mol. The SMILES string of the molecule is CC(C)N(C)C(=O)CN1CCOCC1C(=O)O. The highest BCUT2D eigenvalue weighted by Crippen LogP contribution is 2.08. The molecule has 1 aliphatic rings. The minimum absolute atomic E-state index is 0.0619. The monoisotopic (exact) mass is 244 g/mol. The van der Waals surface area contributed by atoms with Crippen LogP contribution in [-0.4, -0.2) is 72.2 Å². The van der Waals surface area contributed by atoms with Crippen molar-refractivity contribution in [3.8, 4) is 0 Å². The third-order valence-corrected chi connectivity index (χ3v) is 3.03. The highest BCUT2D eigenvalue weighted by molar-refractivity contribution is 5.80. The number of carboxylic acids is 1. The molecule has 0 aliphatic carbocycles. The summed E-state index contributed by atoms with van der Waals surface area (Å²) in [4.78, 5) is 26.2. The van der Waals surface area contributed by atoms with Crippen molar-refractivity contribution in [3.05, 3.63) is 0 Å². The lowest BCUT2D eigenvalue weighted by Gasteiger charge is -2.33. The molecule has 1 fully saturated rings. The number of ether oxygens (including phenoxy) is 1. The zero-order valence-electron chi connectivity index (χ0n) is 10.5. The van der Waals surface area contributed by atoms with Crippen molar-refractivity contribution in [2.24, 2.45) is 0 Å². The molecule has 1 N–H and O–H groups in total. The van der Waals surface area contributed by atoms with E-state index in [1.807, 2.05) is 13.8 Å². The molecule has 0 aromatic carbocycles. The molecule has 1 unspecified atom stereocenters. The van der Waals surface area contributed by atoms with Crippen molar-refractivity contribution < 1.29 is 19.4 Å². The van der Waals surface area contributed by atoms with Crippen molar-refractivity contribution >= 4 is 11.9 Å². The first kappa shape index (κ1) is 13.9. The number of likely N-dealkylation sites (N-methyl/N-ethyl adjacent to an activating group) is 1. The molecule has 0 bridgehead atoms. The van der Waals surface area contributed by atoms with Crippen LogP contribution in [0.25, 0.3) is 0 Å². The number of carbonyl (C=O) groups excluding carboxylic acids is 1. The van der Waals surface area contributed by atoms with Crippen molar-refractivity contribution in [1.29, 1.82) is 0 Å². The molecule has 98 valence electrons. The van der Waals surface area contributed by atoms with Crippen LogP contribution in [0.5, 0.6) is 0 Å². The Labute approximate surface area is 101 Å². The maximum atomic E-state index is 11.9. The number of carboxylic acid groups (broad SMARTS) is 1. The molecule has 0 spiro atoms. The second-order valence-electron chi connectivity index (χ2n) is 4.50. The Balaban J connectivity index is 2.59. The lowest BCUT2D eigenvalue weighted by atomic mass is 10.2. The van der Waals surface area contributed by atoms with E-state index in [2.05, 4.69) is 0 Å². The van der Waals surface area contributed by atoms with Gasteiger partial charge in [0.1, 0.15) is 6.04 Å². The van der Waals surface area contributed by atoms with Crippen LogP contribution in [0.2, 0.25) is 0 Å². The van der Waals surface area contributed by atoms with E-state index in [0.717, 1.165) is 0 Å². The number of hydrogen-bond acceptors (Lipinski definition) is 4. The molecule has 1 aliphatic heterocycles. The molecule has 0 aromatic rings. The molecule has 0 saturated carbocycles. The van der Waals surface area contributed by atoms with Crippen LogP contribution in [-0.2, 0) is 14.3 Å². The van der Waals surface area contributed by atoms with Gasteiger partial charge in [-0.15, -0.1) is 0 Å². The Morgan fingerprint density at radius 2 is 2.18 bits per heavy atom. The largest absolute Gasteiger partial charge is 0.480 e. The predicted octanol–water partition coefficient (Wildman–Crippen LogP) is -0.361. The van der Waals surface area contributed by atoms with E-state index in [1.165, 1.54) is 0 Å². The van der Waals surface area contributed by atoms with E-state index in [-0.39, 0.29) is 25.1 Å². The summed E-state index contributed by atoms with van der Waals surface area (Å²) in [7, 11) is 1.73. The van der Waals surface area contributed by atoms with Crippen LogP contribution in [0.4, 0.5) is 0 Å². The van der Waals surface area contributed by atoms with E-state index in [1.54, 1.807) is 16.8 Å². The summed E-state index contributed by atoms with van der Waals surface area (Å²) in [5.41, 5.74) is 0. The van der Waals surface area contributed by atoms with Gasteiger partial charge in [0, 0.05) is 19.6 Å². The molecule has 1 saturated heterocycles. The Morgan fingerprint density at radius 1 is 1.53 bits per heavy atom. The maximum Gasteiger partial charge on any atom is 0.323 e. The number of hydrogen-bond donors (Lipinski definition) is 1. The first-order valence-electron chi connectivity index (χ1n) is 5.73. The fourth-order valence-electron chi connectivity index (χ4n) is 1.63. The normalized spacial score (nSPS) is 21.5. The second kappa shape index (κ2) is 5.97. The van der Waals surface area contributed by atoms with Gasteiger partial charge in [0.15, 0.2) is 0 Å². The zero-order valence-corrected chi connectivity index (χ0v) is 10.5. The summed E-state index contributed by atoms with van der Waals surface area (Å²) in [6.45, 7) is 5.08. The number of aliphatic carboxylic acids is 1. The summed E-state index contributed by atoms with van der Waals surface area (Å²) < 4.78 is 5.12. The smallest absolute Gasteiger partial charge is 0.323 e. The van der Waals surface area contributed by atoms with Crippen LogP contribution in [0.15, 0.2) is 0 Å². The Hall–Kier alpha value is -1.14. The molecule has 1 heterocycles. The van der Waals surface area contributed by atoms with Crippen molar-refractivity contribution in [3.63, 3.8) is 0 Å². The molecule has 0 aromatic heterocycles. The molecule has 6 heteroatoms. The van der Waals surface area contributed by atoms with Gasteiger partial charge in [0.2, 0.25) is 5.91 Å². The average Bonchev–Trinajstić information content (AvgIpc) is 2.28. The number of carbonyl (C=O) groups is 2. The van der Waals surface area contributed by atoms with Crippen LogP contribution in [0, 0.1) is 0 Å². The van der Waals surface area contributed by atoms with Crippen LogP contribution in [0.3, 0.4) is 0 Å². The van der Waals surface area contributed by atoms with E-state index < -0.39 is 12.0 Å². The lowest BCUT2D eigenvalue weighted by molar-refractivity contribution is -0.151. The molecular weight excluding hydrogens is 224 g/mol. The van der Waals surface area contributed by atoms with Crippen LogP contribution in [0.1, 0.15) is 13.8 Å². The minimum Gasteiger partial charge on any atom is -0.480 e. The van der Waals surface area contributed by atoms with Gasteiger partial charge in [-0.25, -0.2) is 0 Å². The Morgan fingerprint density at radius 3 is 2.71 bits per heavy atom. The molecule has 1 rings (SSSR count). The fourth-order valence-corrected chi connectivity index (χ4v) is 1.63. The second-order valence-corrected chi connectivity index (χ2v) is 4.50. The number of rotatable bonds is 4. The summed E-state index contributed by atoms with van der Waals surface area (Å²) in [5.74, 6) is -1.00. The van der Waals surface area contributed by atoms with Gasteiger partial charge >= 0.3 is 5.97 Å². The van der Waals surface area contributed by atoms with Crippen LogP contribution >= 0.6 is 0 Å². The van der Waals surface area contributed by atoms with Gasteiger partial charge in [-0.1, -0.05) is 0 Å². The van der Waals surface area contributed by atoms with Gasteiger partial charge in [-0.3, -0.25) is 14.5 Å². The summed E-state index contributed by atoms with van der Waals surface area (Å²) in [6, 6.07) is -0.597. The van der Waals surface area contributed by atoms with E-state index >= 15 is 0 Å². The summed E-state index contributed by atoms with van der Waals surface area (Å²) in [5, 5.41) is 9.02. The van der Waals surface area contributed by atoms with Crippen molar-refractivity contribution in [2.75, 3.05) is 33.4 Å². The maximum absolute atomic E-state index is 11.9. The zero-order chi connectivity index (χ0) is 13.0. The number of morpholine rings is 1. The standard InChI is InChI=1S/C11H20N2O4/c1-8(2)12(3)10(14)6-13-4-5-17-7-9(13)11(15)16/h8-9H,4-7H2,1-3H3,(H,15,16). The van der Waals surface area contributed by atoms with E-state index in [4.69, 9.17) is 9.84 Å². The molecule has 17 heavy (non-hydrogen) atoms. The number of nitrogens with zero attached hydrogens (tertiary/aromatic N) is 2. The molecule has 1 atom stereocenters. The summed E-state index contributed by atoms with van der Waals surface area (Å²) >= 11 is 0. The Kier molecular flexibility index (Phi) is 4.89. The quantitative estimate of drug-likeness (QED) is 0.731. The van der Waals surface area contributed by atoms with Gasteiger partial charge < -0.3 is 14.7 Å². The highest BCUT2D eigenvalue weighted by atomic mass is 16.5. The van der Waals surface area contributed by atoms with E-state index in [9.17, 15) is 9.59 Å². The van der Waals surface area contributed by atoms with Gasteiger partial charge in [0.05, 0.1) is 19.8 Å². The minimum atomic E-state index is -0.940. The van der Waals surface area contributed by atoms with Gasteiger partial charge in [-0.05, 0) is 13.8 Å². The molecule has 0 radical (unpaired) electrons. The first-order valence-corrected chi connectivity index (χ1v) is 5.73. The topological polar surface area (TPSA) is 70.1 Å². The van der Waals surface area contributed by atoms with Gasteiger partial charge in [-0.2, -0.15) is 0 Å². The molecule has 6 nitrogen and oxygen atoms in total. The van der Waals surface area contributed by atoms with Crippen molar-refractivity contribution in [1.82, 2.24) is 9.80 Å². The Bertz CT molecular complexity index is 293.